The molecule has 0 aromatic heterocycles. The fraction of sp³-hybridized carbons (Fsp3) is 0.607. The molecule has 3 aliphatic rings. The van der Waals surface area contributed by atoms with E-state index in [4.69, 9.17) is 33.2 Å². The normalized spacial score (nSPS) is 24.0. The number of benzene rings is 1. The van der Waals surface area contributed by atoms with Gasteiger partial charge in [0.25, 0.3) is 5.91 Å². The molecule has 0 radical (unpaired) electrons. The van der Waals surface area contributed by atoms with Crippen LogP contribution in [-0.4, -0.2) is 95.2 Å². The molecule has 12 heteroatoms. The lowest BCUT2D eigenvalue weighted by atomic mass is 10.1. The third-order valence-electron chi connectivity index (χ3n) is 7.23. The predicted octanol–water partition coefficient (Wildman–Crippen LogP) is 3.27. The predicted molar refractivity (Wildman–Crippen MR) is 142 cm³/mol. The average molecular weight is 563 g/mol. The first-order valence-electron chi connectivity index (χ1n) is 13.5. The average Bonchev–Trinajstić information content (AvgIpc) is 3.37. The van der Waals surface area contributed by atoms with E-state index in [1.807, 2.05) is 0 Å². The first-order valence-corrected chi connectivity index (χ1v) is 13.5. The van der Waals surface area contributed by atoms with Gasteiger partial charge in [-0.2, -0.15) is 0 Å². The van der Waals surface area contributed by atoms with Crippen molar-refractivity contribution in [3.63, 3.8) is 0 Å². The summed E-state index contributed by atoms with van der Waals surface area (Å²) in [4.78, 5) is 42.3. The Hall–Kier alpha value is -3.35. The number of methoxy groups -OCH3 is 3. The Balaban J connectivity index is 1.77. The van der Waals surface area contributed by atoms with E-state index >= 15 is 0 Å². The van der Waals surface area contributed by atoms with E-state index in [0.717, 1.165) is 12.8 Å². The topological polar surface area (TPSA) is 122 Å². The Bertz CT molecular complexity index is 1070. The van der Waals surface area contributed by atoms with Crippen molar-refractivity contribution < 1.29 is 47.5 Å². The Morgan fingerprint density at radius 3 is 2.58 bits per heavy atom. The van der Waals surface area contributed by atoms with Crippen molar-refractivity contribution in [2.45, 2.75) is 63.2 Å². The van der Waals surface area contributed by atoms with Crippen LogP contribution in [-0.2, 0) is 28.5 Å². The zero-order chi connectivity index (χ0) is 28.6. The van der Waals surface area contributed by atoms with Gasteiger partial charge in [0.1, 0.15) is 12.6 Å². The summed E-state index contributed by atoms with van der Waals surface area (Å²) in [6, 6.07) is 2.45. The van der Waals surface area contributed by atoms with Crippen LogP contribution in [0.1, 0.15) is 48.9 Å². The molecule has 12 nitrogen and oxygen atoms in total. The fourth-order valence-electron chi connectivity index (χ4n) is 5.30. The molecule has 3 aliphatic heterocycles. The monoisotopic (exact) mass is 562 g/mol. The minimum absolute atomic E-state index is 0.0413. The first kappa shape index (κ1) is 29.6. The second kappa shape index (κ2) is 13.8. The van der Waals surface area contributed by atoms with Crippen molar-refractivity contribution in [3.05, 3.63) is 30.4 Å². The highest BCUT2D eigenvalue weighted by Gasteiger charge is 2.52. The molecule has 2 saturated heterocycles. The molecule has 4 atom stereocenters. The summed E-state index contributed by atoms with van der Waals surface area (Å²) in [6.45, 7) is 4.77. The van der Waals surface area contributed by atoms with Crippen LogP contribution in [0.15, 0.2) is 24.8 Å². The van der Waals surface area contributed by atoms with E-state index in [1.165, 1.54) is 32.3 Å². The first-order chi connectivity index (χ1) is 19.4. The molecule has 2 amide bonds. The van der Waals surface area contributed by atoms with Gasteiger partial charge in [0.2, 0.25) is 0 Å². The number of rotatable bonds is 11. The summed E-state index contributed by atoms with van der Waals surface area (Å²) < 4.78 is 39.8. The van der Waals surface area contributed by atoms with Crippen molar-refractivity contribution in [1.82, 2.24) is 4.90 Å². The molecule has 0 aliphatic carbocycles. The van der Waals surface area contributed by atoms with Gasteiger partial charge in [0.05, 0.1) is 38.7 Å². The highest BCUT2D eigenvalue weighted by molar-refractivity contribution is 6.06. The molecule has 220 valence electrons. The lowest BCUT2D eigenvalue weighted by Crippen LogP contribution is -2.57. The maximum Gasteiger partial charge on any atom is 0.416 e. The van der Waals surface area contributed by atoms with Crippen LogP contribution in [0.2, 0.25) is 0 Å². The van der Waals surface area contributed by atoms with Crippen molar-refractivity contribution in [1.29, 1.82) is 0 Å². The van der Waals surface area contributed by atoms with Gasteiger partial charge >= 0.3 is 12.1 Å². The van der Waals surface area contributed by atoms with Crippen molar-refractivity contribution in [2.24, 2.45) is 0 Å². The maximum atomic E-state index is 14.0. The second-order valence-corrected chi connectivity index (χ2v) is 9.65. The number of ether oxygens (including phenoxy) is 7. The molecule has 0 N–H and O–H groups in total. The van der Waals surface area contributed by atoms with E-state index < -0.39 is 30.8 Å². The number of hydrogen-bond donors (Lipinski definition) is 0. The van der Waals surface area contributed by atoms with E-state index in [-0.39, 0.29) is 42.8 Å². The minimum atomic E-state index is -1.00. The molecule has 2 fully saturated rings. The van der Waals surface area contributed by atoms with Crippen molar-refractivity contribution in [2.75, 3.05) is 52.6 Å². The van der Waals surface area contributed by atoms with E-state index in [9.17, 15) is 14.4 Å². The van der Waals surface area contributed by atoms with Gasteiger partial charge in [0.15, 0.2) is 24.0 Å². The molecule has 0 spiro atoms. The highest BCUT2D eigenvalue weighted by atomic mass is 16.7. The summed E-state index contributed by atoms with van der Waals surface area (Å²) in [6.07, 6.45) is 2.28. The third kappa shape index (κ3) is 6.34. The quantitative estimate of drug-likeness (QED) is 0.226. The van der Waals surface area contributed by atoms with Gasteiger partial charge in [-0.25, -0.2) is 9.69 Å². The van der Waals surface area contributed by atoms with Crippen LogP contribution in [0.3, 0.4) is 0 Å². The van der Waals surface area contributed by atoms with Gasteiger partial charge in [-0.05, 0) is 38.2 Å². The molecule has 4 unspecified atom stereocenters. The second-order valence-electron chi connectivity index (χ2n) is 9.65. The van der Waals surface area contributed by atoms with Crippen molar-refractivity contribution in [3.8, 4) is 11.5 Å². The zero-order valence-corrected chi connectivity index (χ0v) is 23.3. The molecule has 1 aromatic carbocycles. The van der Waals surface area contributed by atoms with E-state index in [1.54, 1.807) is 17.0 Å². The SMILES string of the molecule is C=CCOC(=O)N1c2cc(OC)c(OC)cc2C(=O)N2CCC(OCCCC(=O)OC)C2C1OC1CCCCO1. The molecule has 0 saturated carbocycles. The number of hydrogen-bond acceptors (Lipinski definition) is 10. The molecule has 4 rings (SSSR count). The zero-order valence-electron chi connectivity index (χ0n) is 23.3. The fourth-order valence-corrected chi connectivity index (χ4v) is 5.30. The maximum absolute atomic E-state index is 14.0. The summed E-state index contributed by atoms with van der Waals surface area (Å²) in [5.74, 6) is 0.0430. The van der Waals surface area contributed by atoms with Gasteiger partial charge in [-0.3, -0.25) is 9.59 Å². The van der Waals surface area contributed by atoms with Crippen LogP contribution in [0.4, 0.5) is 10.5 Å². The third-order valence-corrected chi connectivity index (χ3v) is 7.23. The molecule has 3 heterocycles. The molecule has 1 aromatic rings. The Morgan fingerprint density at radius 1 is 1.12 bits per heavy atom. The smallest absolute Gasteiger partial charge is 0.416 e. The van der Waals surface area contributed by atoms with Crippen LogP contribution in [0.5, 0.6) is 11.5 Å². The Labute approximate surface area is 234 Å². The van der Waals surface area contributed by atoms with Crippen LogP contribution < -0.4 is 14.4 Å². The molecule has 0 bridgehead atoms. The van der Waals surface area contributed by atoms with Crippen LogP contribution in [0, 0.1) is 0 Å². The Morgan fingerprint density at radius 2 is 1.90 bits per heavy atom. The Kier molecular flexibility index (Phi) is 10.2. The minimum Gasteiger partial charge on any atom is -0.493 e. The lowest BCUT2D eigenvalue weighted by molar-refractivity contribution is -0.201. The summed E-state index contributed by atoms with van der Waals surface area (Å²) in [7, 11) is 4.29. The number of anilines is 1. The van der Waals surface area contributed by atoms with Crippen LogP contribution >= 0.6 is 0 Å². The summed E-state index contributed by atoms with van der Waals surface area (Å²) in [5.41, 5.74) is 0.497. The van der Waals surface area contributed by atoms with Gasteiger partial charge in [-0.15, -0.1) is 0 Å². The molecular formula is C28H38N2O10. The van der Waals surface area contributed by atoms with Gasteiger partial charge in [-0.1, -0.05) is 12.7 Å². The van der Waals surface area contributed by atoms with Crippen molar-refractivity contribution >= 4 is 23.7 Å². The number of carbonyl (C=O) groups is 3. The van der Waals surface area contributed by atoms with E-state index in [0.29, 0.717) is 43.9 Å². The van der Waals surface area contributed by atoms with E-state index in [2.05, 4.69) is 6.58 Å². The molecular weight excluding hydrogens is 524 g/mol. The highest BCUT2D eigenvalue weighted by Crippen LogP contribution is 2.43. The number of amides is 2. The molecule has 40 heavy (non-hydrogen) atoms. The largest absolute Gasteiger partial charge is 0.493 e. The number of carbonyl (C=O) groups excluding carboxylic acids is 3. The summed E-state index contributed by atoms with van der Waals surface area (Å²) in [5, 5.41) is 0. The lowest BCUT2D eigenvalue weighted by Gasteiger charge is -2.39. The van der Waals surface area contributed by atoms with Gasteiger partial charge < -0.3 is 38.1 Å². The number of fused-ring (bicyclic) bond motifs is 2. The van der Waals surface area contributed by atoms with Gasteiger partial charge in [0, 0.05) is 32.2 Å². The van der Waals surface area contributed by atoms with Crippen LogP contribution in [0.25, 0.3) is 0 Å². The standard InChI is InChI=1S/C28H38N2O10/c1-5-13-39-28(33)30-19-17-22(35-3)21(34-2)16-18(19)26(32)29-12-11-20(37-15-8-9-23(31)36-4)25(29)27(30)40-24-10-6-7-14-38-24/h5,16-17,20,24-25,27H,1,6-15H2,2-4H3. The number of esters is 1. The number of nitrogens with zero attached hydrogens (tertiary/aromatic N) is 2. The summed E-state index contributed by atoms with van der Waals surface area (Å²) >= 11 is 0.